The molecule has 0 saturated heterocycles. The number of hydrogen-bond acceptors (Lipinski definition) is 5. The van der Waals surface area contributed by atoms with Crippen LogP contribution in [0.15, 0.2) is 41.5 Å². The lowest BCUT2D eigenvalue weighted by atomic mass is 10.3. The van der Waals surface area contributed by atoms with E-state index in [1.165, 1.54) is 12.1 Å². The van der Waals surface area contributed by atoms with E-state index in [0.29, 0.717) is 38.0 Å². The monoisotopic (exact) mass is 414 g/mol. The number of likely N-dealkylation sites (N-methyl/N-ethyl adjacent to an activating group) is 1. The predicted molar refractivity (Wildman–Crippen MR) is 101 cm³/mol. The van der Waals surface area contributed by atoms with Crippen molar-refractivity contribution in [1.82, 2.24) is 20.2 Å². The molecule has 11 heteroatoms. The van der Waals surface area contributed by atoms with Gasteiger partial charge in [-0.25, -0.2) is 14.4 Å². The Hall–Kier alpha value is -3.11. The summed E-state index contributed by atoms with van der Waals surface area (Å²) >= 11 is 0. The molecule has 2 aromatic rings. The summed E-state index contributed by atoms with van der Waals surface area (Å²) < 4.78 is 56.3. The van der Waals surface area contributed by atoms with Crippen molar-refractivity contribution in [1.29, 1.82) is 0 Å². The van der Waals surface area contributed by atoms with Gasteiger partial charge in [-0.3, -0.25) is 4.99 Å². The van der Waals surface area contributed by atoms with Crippen molar-refractivity contribution in [3.8, 4) is 5.75 Å². The summed E-state index contributed by atoms with van der Waals surface area (Å²) in [6.45, 7) is 1.55. The van der Waals surface area contributed by atoms with Crippen molar-refractivity contribution >= 4 is 11.9 Å². The highest BCUT2D eigenvalue weighted by Crippen LogP contribution is 2.27. The number of aliphatic imine (C=N–C) groups is 1. The number of hydrogen-bond donors (Lipinski definition) is 2. The number of nitrogens with zero attached hydrogens (tertiary/aromatic N) is 4. The first-order valence-electron chi connectivity index (χ1n) is 8.74. The van der Waals surface area contributed by atoms with Gasteiger partial charge in [0, 0.05) is 33.4 Å². The van der Waals surface area contributed by atoms with Gasteiger partial charge >= 0.3 is 6.18 Å². The molecule has 2 rings (SSSR count). The summed E-state index contributed by atoms with van der Waals surface area (Å²) in [7, 11) is 3.43. The molecule has 0 atom stereocenters. The molecule has 1 aromatic carbocycles. The Morgan fingerprint density at radius 3 is 2.55 bits per heavy atom. The summed E-state index contributed by atoms with van der Waals surface area (Å²) in [5, 5.41) is 5.80. The van der Waals surface area contributed by atoms with Crippen molar-refractivity contribution < 1.29 is 22.3 Å². The fraction of sp³-hybridized carbons (Fsp3) is 0.389. The molecule has 2 N–H and O–H groups in total. The Kier molecular flexibility index (Phi) is 7.98. The molecule has 0 fully saturated rings. The van der Waals surface area contributed by atoms with Gasteiger partial charge in [0.2, 0.25) is 5.95 Å². The van der Waals surface area contributed by atoms with E-state index < -0.39 is 11.9 Å². The molecule has 1 aromatic heterocycles. The standard InChI is InChI=1S/C18H22F4N6O/c1-23-17(28(2)11-12-29-14-5-3-13(19)4-6-14)26-10-9-25-16-24-8-7-15(27-16)18(20,21)22/h3-8H,9-12H2,1-2H3,(H,23,26)(H,24,25,27). The minimum Gasteiger partial charge on any atom is -0.492 e. The van der Waals surface area contributed by atoms with E-state index in [2.05, 4.69) is 25.6 Å². The van der Waals surface area contributed by atoms with Crippen LogP contribution in [0.3, 0.4) is 0 Å². The van der Waals surface area contributed by atoms with Crippen LogP contribution in [0.4, 0.5) is 23.5 Å². The van der Waals surface area contributed by atoms with Gasteiger partial charge in [-0.1, -0.05) is 0 Å². The van der Waals surface area contributed by atoms with Crippen LogP contribution in [0, 0.1) is 5.82 Å². The van der Waals surface area contributed by atoms with Gasteiger partial charge in [-0.15, -0.1) is 0 Å². The maximum absolute atomic E-state index is 12.9. The molecule has 0 amide bonds. The van der Waals surface area contributed by atoms with Gasteiger partial charge in [-0.2, -0.15) is 13.2 Å². The first kappa shape index (κ1) is 22.2. The Morgan fingerprint density at radius 1 is 1.17 bits per heavy atom. The van der Waals surface area contributed by atoms with Gasteiger partial charge < -0.3 is 20.3 Å². The molecule has 158 valence electrons. The fourth-order valence-corrected chi connectivity index (χ4v) is 2.27. The SMILES string of the molecule is CN=C(NCCNc1nccc(C(F)(F)F)n1)N(C)CCOc1ccc(F)cc1. The first-order chi connectivity index (χ1) is 13.8. The van der Waals surface area contributed by atoms with Crippen LogP contribution < -0.4 is 15.4 Å². The number of aromatic nitrogens is 2. The van der Waals surface area contributed by atoms with E-state index in [4.69, 9.17) is 4.74 Å². The molecule has 0 bridgehead atoms. The zero-order chi connectivity index (χ0) is 21.3. The summed E-state index contributed by atoms with van der Waals surface area (Å²) in [5.41, 5.74) is -1.00. The lowest BCUT2D eigenvalue weighted by Gasteiger charge is -2.22. The number of ether oxygens (including phenoxy) is 1. The summed E-state index contributed by atoms with van der Waals surface area (Å²) in [6, 6.07) is 6.55. The highest BCUT2D eigenvalue weighted by molar-refractivity contribution is 5.79. The first-order valence-corrected chi connectivity index (χ1v) is 8.74. The molecule has 29 heavy (non-hydrogen) atoms. The number of halogens is 4. The van der Waals surface area contributed by atoms with Crippen LogP contribution in [0.5, 0.6) is 5.75 Å². The fourth-order valence-electron chi connectivity index (χ4n) is 2.27. The molecule has 0 aliphatic carbocycles. The largest absolute Gasteiger partial charge is 0.492 e. The maximum Gasteiger partial charge on any atom is 0.433 e. The zero-order valence-electron chi connectivity index (χ0n) is 16.0. The average Bonchev–Trinajstić information content (AvgIpc) is 2.69. The van der Waals surface area contributed by atoms with Gasteiger partial charge in [0.15, 0.2) is 5.96 Å². The Morgan fingerprint density at radius 2 is 1.90 bits per heavy atom. The number of guanidine groups is 1. The minimum absolute atomic E-state index is 0.0994. The van der Waals surface area contributed by atoms with Gasteiger partial charge in [-0.05, 0) is 30.3 Å². The van der Waals surface area contributed by atoms with Gasteiger partial charge in [0.1, 0.15) is 23.9 Å². The summed E-state index contributed by atoms with van der Waals surface area (Å²) in [6.07, 6.45) is -3.46. The third kappa shape index (κ3) is 7.43. The second-order valence-electron chi connectivity index (χ2n) is 5.89. The van der Waals surface area contributed by atoms with Gasteiger partial charge in [0.05, 0.1) is 6.54 Å². The third-order valence-electron chi connectivity index (χ3n) is 3.72. The Bertz CT molecular complexity index is 798. The van der Waals surface area contributed by atoms with E-state index in [1.807, 2.05) is 11.9 Å². The van der Waals surface area contributed by atoms with Crippen LogP contribution in [0.2, 0.25) is 0 Å². The quantitative estimate of drug-likeness (QED) is 0.299. The minimum atomic E-state index is -4.52. The van der Waals surface area contributed by atoms with Crippen LogP contribution in [0.1, 0.15) is 5.69 Å². The van der Waals surface area contributed by atoms with Crippen molar-refractivity contribution in [3.05, 3.63) is 48.0 Å². The van der Waals surface area contributed by atoms with Gasteiger partial charge in [0.25, 0.3) is 0 Å². The molecule has 0 saturated carbocycles. The van der Waals surface area contributed by atoms with Crippen LogP contribution in [0.25, 0.3) is 0 Å². The molecule has 0 aliphatic heterocycles. The van der Waals surface area contributed by atoms with E-state index in [-0.39, 0.29) is 11.8 Å². The zero-order valence-corrected chi connectivity index (χ0v) is 16.0. The number of benzene rings is 1. The third-order valence-corrected chi connectivity index (χ3v) is 3.72. The Labute approximate surface area is 165 Å². The summed E-state index contributed by atoms with van der Waals surface area (Å²) in [4.78, 5) is 13.2. The molecule has 0 aliphatic rings. The molecule has 0 unspecified atom stereocenters. The number of alkyl halides is 3. The molecule has 1 heterocycles. The van der Waals surface area contributed by atoms with E-state index in [1.54, 1.807) is 19.2 Å². The number of rotatable bonds is 8. The van der Waals surface area contributed by atoms with Crippen LogP contribution in [-0.4, -0.2) is 61.2 Å². The number of nitrogens with one attached hydrogen (secondary N) is 2. The normalized spacial score (nSPS) is 11.9. The molecule has 0 spiro atoms. The highest BCUT2D eigenvalue weighted by Gasteiger charge is 2.32. The van der Waals surface area contributed by atoms with Crippen molar-refractivity contribution in [2.75, 3.05) is 45.7 Å². The van der Waals surface area contributed by atoms with E-state index >= 15 is 0 Å². The van der Waals surface area contributed by atoms with Crippen LogP contribution >= 0.6 is 0 Å². The molecule has 7 nitrogen and oxygen atoms in total. The second kappa shape index (κ2) is 10.4. The molecular formula is C18H22F4N6O. The van der Waals surface area contributed by atoms with E-state index in [0.717, 1.165) is 12.3 Å². The lowest BCUT2D eigenvalue weighted by molar-refractivity contribution is -0.141. The maximum atomic E-state index is 12.9. The van der Waals surface area contributed by atoms with Crippen molar-refractivity contribution in [2.45, 2.75) is 6.18 Å². The smallest absolute Gasteiger partial charge is 0.433 e. The lowest BCUT2D eigenvalue weighted by Crippen LogP contribution is -2.42. The van der Waals surface area contributed by atoms with Crippen molar-refractivity contribution in [2.24, 2.45) is 4.99 Å². The van der Waals surface area contributed by atoms with Crippen molar-refractivity contribution in [3.63, 3.8) is 0 Å². The Balaban J connectivity index is 1.72. The van der Waals surface area contributed by atoms with E-state index in [9.17, 15) is 17.6 Å². The molecule has 0 radical (unpaired) electrons. The average molecular weight is 414 g/mol. The topological polar surface area (TPSA) is 74.7 Å². The number of anilines is 1. The predicted octanol–water partition coefficient (Wildman–Crippen LogP) is 2.63. The second-order valence-corrected chi connectivity index (χ2v) is 5.89. The highest BCUT2D eigenvalue weighted by atomic mass is 19.4. The summed E-state index contributed by atoms with van der Waals surface area (Å²) in [5.74, 6) is 0.716. The molecular weight excluding hydrogens is 392 g/mol. The van der Waals surface area contributed by atoms with Crippen LogP contribution in [-0.2, 0) is 6.18 Å².